The summed E-state index contributed by atoms with van der Waals surface area (Å²) < 4.78 is 15.2. The van der Waals surface area contributed by atoms with Gasteiger partial charge in [-0.1, -0.05) is 0 Å². The van der Waals surface area contributed by atoms with Crippen LogP contribution in [0.1, 0.15) is 16.6 Å². The van der Waals surface area contributed by atoms with E-state index in [1.165, 1.54) is 11.3 Å². The quantitative estimate of drug-likeness (QED) is 0.707. The van der Waals surface area contributed by atoms with Crippen molar-refractivity contribution in [2.45, 2.75) is 13.0 Å². The number of carbonyl (C=O) groups excluding carboxylic acids is 1. The van der Waals surface area contributed by atoms with E-state index in [9.17, 15) is 4.79 Å². The molecule has 1 atom stereocenters. The van der Waals surface area contributed by atoms with Crippen LogP contribution in [0, 0.1) is 0 Å². The molecule has 1 aromatic heterocycles. The third-order valence-electron chi connectivity index (χ3n) is 2.41. The molecular weight excluding hydrogens is 268 g/mol. The van der Waals surface area contributed by atoms with Crippen molar-refractivity contribution in [3.63, 3.8) is 0 Å². The molecule has 0 aliphatic carbocycles. The van der Waals surface area contributed by atoms with Crippen LogP contribution in [-0.4, -0.2) is 46.1 Å². The zero-order valence-electron chi connectivity index (χ0n) is 11.4. The summed E-state index contributed by atoms with van der Waals surface area (Å²) in [6.45, 7) is 3.16. The summed E-state index contributed by atoms with van der Waals surface area (Å²) in [4.78, 5) is 12.0. The van der Waals surface area contributed by atoms with E-state index < -0.39 is 5.97 Å². The van der Waals surface area contributed by atoms with Crippen molar-refractivity contribution in [1.82, 2.24) is 0 Å². The molecule has 19 heavy (non-hydrogen) atoms. The van der Waals surface area contributed by atoms with Crippen molar-refractivity contribution in [3.05, 3.63) is 10.9 Å². The lowest BCUT2D eigenvalue weighted by atomic mass is 10.3. The van der Waals surface area contributed by atoms with E-state index in [2.05, 4.69) is 5.32 Å². The van der Waals surface area contributed by atoms with E-state index in [1.54, 1.807) is 27.2 Å². The van der Waals surface area contributed by atoms with Crippen molar-refractivity contribution in [2.24, 2.45) is 0 Å². The van der Waals surface area contributed by atoms with Crippen LogP contribution in [0.5, 0.6) is 0 Å². The lowest BCUT2D eigenvalue weighted by molar-refractivity contribution is 0.0366. The predicted molar refractivity (Wildman–Crippen MR) is 75.9 cm³/mol. The molecule has 1 unspecified atom stereocenters. The summed E-state index contributed by atoms with van der Waals surface area (Å²) >= 11 is 1.27. The minimum Gasteiger partial charge on any atom is -0.462 e. The fourth-order valence-electron chi connectivity index (χ4n) is 1.46. The van der Waals surface area contributed by atoms with E-state index in [0.717, 1.165) is 5.00 Å². The Balaban J connectivity index is 2.60. The second-order valence-electron chi connectivity index (χ2n) is 3.81. The Kier molecular flexibility index (Phi) is 6.61. The second-order valence-corrected chi connectivity index (χ2v) is 4.86. The van der Waals surface area contributed by atoms with Gasteiger partial charge in [-0.25, -0.2) is 4.79 Å². The van der Waals surface area contributed by atoms with E-state index in [1.807, 2.05) is 0 Å². The number of anilines is 2. The van der Waals surface area contributed by atoms with Crippen molar-refractivity contribution in [3.8, 4) is 0 Å². The van der Waals surface area contributed by atoms with Gasteiger partial charge in [0, 0.05) is 20.8 Å². The number of carbonyl (C=O) groups is 1. The normalized spacial score (nSPS) is 12.2. The van der Waals surface area contributed by atoms with Gasteiger partial charge in [-0.15, -0.1) is 11.3 Å². The van der Waals surface area contributed by atoms with Gasteiger partial charge in [0.15, 0.2) is 0 Å². The average molecular weight is 288 g/mol. The molecule has 3 N–H and O–H groups in total. The molecule has 0 saturated carbocycles. The first-order valence-corrected chi connectivity index (χ1v) is 6.76. The van der Waals surface area contributed by atoms with E-state index in [-0.39, 0.29) is 6.10 Å². The van der Waals surface area contributed by atoms with Gasteiger partial charge in [0.2, 0.25) is 0 Å². The summed E-state index contributed by atoms with van der Waals surface area (Å²) in [6.07, 6.45) is -0.0561. The highest BCUT2D eigenvalue weighted by Crippen LogP contribution is 2.29. The number of nitrogens with one attached hydrogen (secondary N) is 1. The van der Waals surface area contributed by atoms with Gasteiger partial charge >= 0.3 is 5.97 Å². The maximum Gasteiger partial charge on any atom is 0.350 e. The lowest BCUT2D eigenvalue weighted by Crippen LogP contribution is -2.26. The molecule has 6 nitrogen and oxygen atoms in total. The smallest absolute Gasteiger partial charge is 0.350 e. The third-order valence-corrected chi connectivity index (χ3v) is 3.50. The number of thiophene rings is 1. The minimum atomic E-state index is -0.391. The fraction of sp³-hybridized carbons (Fsp3) is 0.583. The minimum absolute atomic E-state index is 0.0561. The summed E-state index contributed by atoms with van der Waals surface area (Å²) in [5, 5.41) is 3.97. The molecule has 0 amide bonds. The number of hydrogen-bond donors (Lipinski definition) is 2. The highest BCUT2D eigenvalue weighted by atomic mass is 32.1. The molecule has 1 aromatic rings. The standard InChI is InChI=1S/C12H20N2O4S/c1-4-18-12(15)11-9(13)5-10(19-11)14-6-8(17-3)7-16-2/h5,8,14H,4,6-7,13H2,1-3H3. The Morgan fingerprint density at radius 1 is 1.53 bits per heavy atom. The molecule has 0 saturated heterocycles. The van der Waals surface area contributed by atoms with Crippen molar-refractivity contribution >= 4 is 28.0 Å². The zero-order chi connectivity index (χ0) is 14.3. The van der Waals surface area contributed by atoms with Crippen LogP contribution in [0.4, 0.5) is 10.7 Å². The van der Waals surface area contributed by atoms with Crippen LogP contribution >= 0.6 is 11.3 Å². The first-order valence-electron chi connectivity index (χ1n) is 5.94. The Morgan fingerprint density at radius 3 is 2.84 bits per heavy atom. The Hall–Kier alpha value is -1.31. The summed E-state index contributed by atoms with van der Waals surface area (Å²) in [6, 6.07) is 1.72. The van der Waals surface area contributed by atoms with E-state index in [4.69, 9.17) is 19.9 Å². The van der Waals surface area contributed by atoms with Gasteiger partial charge in [-0.3, -0.25) is 0 Å². The predicted octanol–water partition coefficient (Wildman–Crippen LogP) is 1.58. The number of esters is 1. The van der Waals surface area contributed by atoms with Gasteiger partial charge in [0.05, 0.1) is 30.0 Å². The summed E-state index contributed by atoms with van der Waals surface area (Å²) in [5.74, 6) is -0.391. The molecule has 1 heterocycles. The van der Waals surface area contributed by atoms with E-state index in [0.29, 0.717) is 30.3 Å². The molecule has 7 heteroatoms. The van der Waals surface area contributed by atoms with Crippen LogP contribution in [0.3, 0.4) is 0 Å². The van der Waals surface area contributed by atoms with Gasteiger partial charge in [-0.2, -0.15) is 0 Å². The highest BCUT2D eigenvalue weighted by molar-refractivity contribution is 7.18. The van der Waals surface area contributed by atoms with Crippen LogP contribution in [-0.2, 0) is 14.2 Å². The van der Waals surface area contributed by atoms with Gasteiger partial charge < -0.3 is 25.3 Å². The molecule has 108 valence electrons. The maximum atomic E-state index is 11.6. The van der Waals surface area contributed by atoms with Crippen molar-refractivity contribution in [1.29, 1.82) is 0 Å². The Labute approximate surface area is 116 Å². The van der Waals surface area contributed by atoms with Gasteiger partial charge in [0.1, 0.15) is 4.88 Å². The molecular formula is C12H20N2O4S. The molecule has 0 aromatic carbocycles. The highest BCUT2D eigenvalue weighted by Gasteiger charge is 2.16. The van der Waals surface area contributed by atoms with Crippen LogP contribution < -0.4 is 11.1 Å². The first-order chi connectivity index (χ1) is 9.12. The topological polar surface area (TPSA) is 82.8 Å². The third kappa shape index (κ3) is 4.70. The fourth-order valence-corrected chi connectivity index (χ4v) is 2.34. The molecule has 1 rings (SSSR count). The molecule has 0 radical (unpaired) electrons. The Bertz CT molecular complexity index is 408. The maximum absolute atomic E-state index is 11.6. The largest absolute Gasteiger partial charge is 0.462 e. The first kappa shape index (κ1) is 15.7. The monoisotopic (exact) mass is 288 g/mol. The molecule has 0 aliphatic rings. The van der Waals surface area contributed by atoms with Gasteiger partial charge in [-0.05, 0) is 13.0 Å². The molecule has 0 aliphatic heterocycles. The molecule has 0 spiro atoms. The number of hydrogen-bond acceptors (Lipinski definition) is 7. The molecule has 0 fully saturated rings. The summed E-state index contributed by atoms with van der Waals surface area (Å²) in [5.41, 5.74) is 6.21. The van der Waals surface area contributed by atoms with Crippen LogP contribution in [0.2, 0.25) is 0 Å². The summed E-state index contributed by atoms with van der Waals surface area (Å²) in [7, 11) is 3.24. The Morgan fingerprint density at radius 2 is 2.26 bits per heavy atom. The number of rotatable bonds is 8. The SMILES string of the molecule is CCOC(=O)c1sc(NCC(COC)OC)cc1N. The van der Waals surface area contributed by atoms with Crippen molar-refractivity contribution < 1.29 is 19.0 Å². The van der Waals surface area contributed by atoms with Crippen molar-refractivity contribution in [2.75, 3.05) is 45.0 Å². The number of nitrogen functional groups attached to an aromatic ring is 1. The van der Waals surface area contributed by atoms with Gasteiger partial charge in [0.25, 0.3) is 0 Å². The second kappa shape index (κ2) is 7.98. The number of methoxy groups -OCH3 is 2. The average Bonchev–Trinajstić information content (AvgIpc) is 2.76. The van der Waals surface area contributed by atoms with Crippen LogP contribution in [0.25, 0.3) is 0 Å². The zero-order valence-corrected chi connectivity index (χ0v) is 12.2. The van der Waals surface area contributed by atoms with E-state index >= 15 is 0 Å². The van der Waals surface area contributed by atoms with Crippen LogP contribution in [0.15, 0.2) is 6.07 Å². The number of ether oxygens (including phenoxy) is 3. The number of nitrogens with two attached hydrogens (primary N) is 1. The molecule has 0 bridgehead atoms. The lowest BCUT2D eigenvalue weighted by Gasteiger charge is -2.14.